The molecule has 1 aromatic carbocycles. The van der Waals surface area contributed by atoms with E-state index in [-0.39, 0.29) is 0 Å². The maximum atomic E-state index is 5.04. The molecule has 1 saturated heterocycles. The van der Waals surface area contributed by atoms with Gasteiger partial charge in [-0.25, -0.2) is 9.38 Å². The largest absolute Gasteiger partial charge is 0.339 e. The van der Waals surface area contributed by atoms with Gasteiger partial charge in [0.15, 0.2) is 5.65 Å². The molecule has 6 nitrogen and oxygen atoms in total. The monoisotopic (exact) mass is 336 g/mol. The van der Waals surface area contributed by atoms with Crippen LogP contribution in [0, 0.1) is 0 Å². The van der Waals surface area contributed by atoms with E-state index < -0.39 is 0 Å². The average Bonchev–Trinajstić information content (AvgIpc) is 3.14. The molecule has 0 spiro atoms. The molecule has 2 aliphatic rings. The Bertz CT molecular complexity index is 889. The Hall–Kier alpha value is -2.21. The van der Waals surface area contributed by atoms with Crippen LogP contribution in [0.2, 0.25) is 0 Å². The standard InChI is InChI=1S/C19H24N6/c1-2-6-14(7-3-1)17-22-23-18-15-8-4-5-9-16(15)21-19(25(17)18)24-12-10-20-11-13-24/h4-5,8-9,14,20H,1-3,6-7,10-13H2. The molecule has 2 aromatic heterocycles. The van der Waals surface area contributed by atoms with Crippen LogP contribution in [-0.4, -0.2) is 45.8 Å². The van der Waals surface area contributed by atoms with Crippen LogP contribution in [0.5, 0.6) is 0 Å². The SMILES string of the molecule is c1ccc2c(c1)nc(N1CCNCC1)n1c(C3CCCCC3)nnc21. The number of anilines is 1. The Morgan fingerprint density at radius 2 is 1.76 bits per heavy atom. The summed E-state index contributed by atoms with van der Waals surface area (Å²) in [5, 5.41) is 13.8. The van der Waals surface area contributed by atoms with Crippen molar-refractivity contribution in [2.24, 2.45) is 0 Å². The number of benzene rings is 1. The van der Waals surface area contributed by atoms with E-state index in [1.54, 1.807) is 0 Å². The van der Waals surface area contributed by atoms with E-state index in [1.807, 2.05) is 6.07 Å². The molecule has 3 heterocycles. The molecule has 5 rings (SSSR count). The van der Waals surface area contributed by atoms with Crippen LogP contribution in [0.3, 0.4) is 0 Å². The molecule has 1 saturated carbocycles. The van der Waals surface area contributed by atoms with Crippen molar-refractivity contribution in [3.05, 3.63) is 30.1 Å². The molecule has 6 heteroatoms. The third-order valence-corrected chi connectivity index (χ3v) is 5.62. The highest BCUT2D eigenvalue weighted by atomic mass is 15.4. The summed E-state index contributed by atoms with van der Waals surface area (Å²) < 4.78 is 2.25. The van der Waals surface area contributed by atoms with Gasteiger partial charge < -0.3 is 10.2 Å². The lowest BCUT2D eigenvalue weighted by molar-refractivity contribution is 0.425. The maximum absolute atomic E-state index is 5.04. The van der Waals surface area contributed by atoms with Gasteiger partial charge in [-0.15, -0.1) is 10.2 Å². The number of nitrogens with one attached hydrogen (secondary N) is 1. The molecule has 1 aliphatic heterocycles. The van der Waals surface area contributed by atoms with Crippen LogP contribution >= 0.6 is 0 Å². The Morgan fingerprint density at radius 1 is 0.960 bits per heavy atom. The summed E-state index contributed by atoms with van der Waals surface area (Å²) in [6.45, 7) is 3.94. The van der Waals surface area contributed by atoms with Crippen LogP contribution in [0.25, 0.3) is 16.6 Å². The van der Waals surface area contributed by atoms with Gasteiger partial charge in [0.25, 0.3) is 0 Å². The van der Waals surface area contributed by atoms with E-state index >= 15 is 0 Å². The molecule has 0 bridgehead atoms. The van der Waals surface area contributed by atoms with Crippen LogP contribution in [0.4, 0.5) is 5.95 Å². The number of aromatic nitrogens is 4. The zero-order valence-corrected chi connectivity index (χ0v) is 14.5. The number of hydrogen-bond acceptors (Lipinski definition) is 5. The van der Waals surface area contributed by atoms with Gasteiger partial charge in [0.05, 0.1) is 5.52 Å². The van der Waals surface area contributed by atoms with E-state index in [9.17, 15) is 0 Å². The minimum absolute atomic E-state index is 0.508. The summed E-state index contributed by atoms with van der Waals surface area (Å²) in [5.41, 5.74) is 1.96. The molecule has 1 N–H and O–H groups in total. The zero-order chi connectivity index (χ0) is 16.6. The number of hydrogen-bond donors (Lipinski definition) is 1. The summed E-state index contributed by atoms with van der Waals surface area (Å²) in [4.78, 5) is 7.42. The Morgan fingerprint density at radius 3 is 2.60 bits per heavy atom. The summed E-state index contributed by atoms with van der Waals surface area (Å²) in [6, 6.07) is 8.30. The minimum atomic E-state index is 0.508. The second-order valence-corrected chi connectivity index (χ2v) is 7.22. The van der Waals surface area contributed by atoms with Crippen molar-refractivity contribution in [2.75, 3.05) is 31.1 Å². The third-order valence-electron chi connectivity index (χ3n) is 5.62. The number of piperazine rings is 1. The molecule has 3 aromatic rings. The van der Waals surface area contributed by atoms with Crippen LogP contribution in [-0.2, 0) is 0 Å². The molecular formula is C19H24N6. The fraction of sp³-hybridized carbons (Fsp3) is 0.526. The highest BCUT2D eigenvalue weighted by Crippen LogP contribution is 2.34. The predicted molar refractivity (Wildman–Crippen MR) is 99.2 cm³/mol. The fourth-order valence-electron chi connectivity index (χ4n) is 4.29. The fourth-order valence-corrected chi connectivity index (χ4v) is 4.29. The quantitative estimate of drug-likeness (QED) is 0.780. The van der Waals surface area contributed by atoms with Gasteiger partial charge in [0, 0.05) is 37.5 Å². The van der Waals surface area contributed by atoms with Crippen LogP contribution < -0.4 is 10.2 Å². The van der Waals surface area contributed by atoms with Crippen molar-refractivity contribution < 1.29 is 0 Å². The number of fused-ring (bicyclic) bond motifs is 3. The lowest BCUT2D eigenvalue weighted by Gasteiger charge is -2.30. The van der Waals surface area contributed by atoms with Crippen molar-refractivity contribution in [1.82, 2.24) is 24.9 Å². The van der Waals surface area contributed by atoms with Gasteiger partial charge >= 0.3 is 0 Å². The van der Waals surface area contributed by atoms with Crippen LogP contribution in [0.1, 0.15) is 43.8 Å². The van der Waals surface area contributed by atoms with Gasteiger partial charge in [-0.3, -0.25) is 0 Å². The van der Waals surface area contributed by atoms with Gasteiger partial charge in [0.1, 0.15) is 5.82 Å². The van der Waals surface area contributed by atoms with E-state index in [2.05, 4.69) is 43.0 Å². The maximum Gasteiger partial charge on any atom is 0.213 e. The summed E-state index contributed by atoms with van der Waals surface area (Å²) in [7, 11) is 0. The Balaban J connectivity index is 1.74. The second kappa shape index (κ2) is 6.26. The van der Waals surface area contributed by atoms with Gasteiger partial charge in [-0.2, -0.15) is 0 Å². The molecule has 1 aliphatic carbocycles. The molecule has 0 unspecified atom stereocenters. The van der Waals surface area contributed by atoms with E-state index in [0.717, 1.165) is 54.5 Å². The number of nitrogens with zero attached hydrogens (tertiary/aromatic N) is 5. The molecule has 25 heavy (non-hydrogen) atoms. The Kier molecular flexibility index (Phi) is 3.77. The van der Waals surface area contributed by atoms with Gasteiger partial charge in [-0.05, 0) is 25.0 Å². The summed E-state index contributed by atoms with van der Waals surface area (Å²) in [6.07, 6.45) is 6.37. The first-order valence-corrected chi connectivity index (χ1v) is 9.51. The number of rotatable bonds is 2. The van der Waals surface area contributed by atoms with E-state index in [4.69, 9.17) is 4.98 Å². The molecule has 2 fully saturated rings. The molecular weight excluding hydrogens is 312 g/mol. The minimum Gasteiger partial charge on any atom is -0.339 e. The highest BCUT2D eigenvalue weighted by Gasteiger charge is 2.26. The Labute approximate surface area is 147 Å². The normalized spacial score (nSPS) is 19.8. The summed E-state index contributed by atoms with van der Waals surface area (Å²) >= 11 is 0. The lowest BCUT2D eigenvalue weighted by Crippen LogP contribution is -2.44. The topological polar surface area (TPSA) is 58.4 Å². The highest BCUT2D eigenvalue weighted by molar-refractivity contribution is 5.92. The second-order valence-electron chi connectivity index (χ2n) is 7.22. The predicted octanol–water partition coefficient (Wildman–Crippen LogP) is 2.73. The number of para-hydroxylation sites is 1. The molecule has 0 radical (unpaired) electrons. The van der Waals surface area contributed by atoms with Crippen molar-refractivity contribution in [3.8, 4) is 0 Å². The van der Waals surface area contributed by atoms with Crippen molar-refractivity contribution in [1.29, 1.82) is 0 Å². The molecule has 130 valence electrons. The van der Waals surface area contributed by atoms with Crippen molar-refractivity contribution in [2.45, 2.75) is 38.0 Å². The first kappa shape index (κ1) is 15.1. The first-order chi connectivity index (χ1) is 12.4. The third kappa shape index (κ3) is 2.56. The molecule has 0 amide bonds. The lowest BCUT2D eigenvalue weighted by atomic mass is 9.89. The van der Waals surface area contributed by atoms with Gasteiger partial charge in [0.2, 0.25) is 5.95 Å². The van der Waals surface area contributed by atoms with E-state index in [1.165, 1.54) is 32.1 Å². The van der Waals surface area contributed by atoms with E-state index in [0.29, 0.717) is 5.92 Å². The summed E-state index contributed by atoms with van der Waals surface area (Å²) in [5.74, 6) is 2.63. The average molecular weight is 336 g/mol. The zero-order valence-electron chi connectivity index (χ0n) is 14.5. The molecule has 0 atom stereocenters. The first-order valence-electron chi connectivity index (χ1n) is 9.51. The van der Waals surface area contributed by atoms with Crippen molar-refractivity contribution in [3.63, 3.8) is 0 Å². The van der Waals surface area contributed by atoms with Crippen molar-refractivity contribution >= 4 is 22.5 Å². The van der Waals surface area contributed by atoms with Gasteiger partial charge in [-0.1, -0.05) is 31.4 Å². The smallest absolute Gasteiger partial charge is 0.213 e. The van der Waals surface area contributed by atoms with Crippen LogP contribution in [0.15, 0.2) is 24.3 Å².